The SMILES string of the molecule is O=C([C@H]1COc2ccccc2O1)N1CCN(Cn2c(=O)oc3ccccc32)CC1. The van der Waals surface area contributed by atoms with Crippen LogP contribution in [0.15, 0.2) is 57.7 Å². The molecule has 0 unspecified atom stereocenters. The molecule has 1 fully saturated rings. The van der Waals surface area contributed by atoms with Crippen molar-refractivity contribution in [3.05, 3.63) is 59.1 Å². The predicted octanol–water partition coefficient (Wildman–Crippen LogP) is 1.54. The number of carbonyl (C=O) groups excluding carboxylic acids is 1. The smallest absolute Gasteiger partial charge is 0.421 e. The summed E-state index contributed by atoms with van der Waals surface area (Å²) in [5.74, 6) is 0.835. The molecule has 8 nitrogen and oxygen atoms in total. The fourth-order valence-corrected chi connectivity index (χ4v) is 3.80. The molecule has 1 amide bonds. The number of benzene rings is 2. The normalized spacial score (nSPS) is 19.4. The Balaban J connectivity index is 1.21. The van der Waals surface area contributed by atoms with Crippen molar-refractivity contribution in [1.29, 1.82) is 0 Å². The molecule has 0 N–H and O–H groups in total. The number of ether oxygens (including phenoxy) is 2. The number of nitrogens with zero attached hydrogens (tertiary/aromatic N) is 3. The molecule has 150 valence electrons. The molecule has 0 bridgehead atoms. The third kappa shape index (κ3) is 3.36. The van der Waals surface area contributed by atoms with Crippen LogP contribution >= 0.6 is 0 Å². The Bertz CT molecular complexity index is 1100. The zero-order valence-corrected chi connectivity index (χ0v) is 15.8. The van der Waals surface area contributed by atoms with Crippen LogP contribution in [0.4, 0.5) is 0 Å². The van der Waals surface area contributed by atoms with Crippen LogP contribution in [0.25, 0.3) is 11.1 Å². The first-order valence-electron chi connectivity index (χ1n) is 9.67. The van der Waals surface area contributed by atoms with E-state index >= 15 is 0 Å². The van der Waals surface area contributed by atoms with Gasteiger partial charge in [0.25, 0.3) is 5.91 Å². The Labute approximate surface area is 166 Å². The van der Waals surface area contributed by atoms with Crippen LogP contribution in [0.1, 0.15) is 0 Å². The lowest BCUT2D eigenvalue weighted by Gasteiger charge is -2.37. The van der Waals surface area contributed by atoms with Crippen molar-refractivity contribution in [2.24, 2.45) is 0 Å². The molecule has 2 aliphatic rings. The van der Waals surface area contributed by atoms with Crippen LogP contribution in [0.5, 0.6) is 11.5 Å². The van der Waals surface area contributed by atoms with Crippen LogP contribution < -0.4 is 15.2 Å². The molecule has 0 aliphatic carbocycles. The second-order valence-electron chi connectivity index (χ2n) is 7.21. The van der Waals surface area contributed by atoms with E-state index in [-0.39, 0.29) is 18.3 Å². The summed E-state index contributed by atoms with van der Waals surface area (Å²) < 4.78 is 18.4. The number of carbonyl (C=O) groups is 1. The first-order valence-corrected chi connectivity index (χ1v) is 9.67. The molecule has 2 aromatic carbocycles. The first-order chi connectivity index (χ1) is 14.2. The monoisotopic (exact) mass is 395 g/mol. The topological polar surface area (TPSA) is 77.2 Å². The molecule has 2 aliphatic heterocycles. The zero-order valence-electron chi connectivity index (χ0n) is 15.8. The summed E-state index contributed by atoms with van der Waals surface area (Å²) in [4.78, 5) is 29.0. The quantitative estimate of drug-likeness (QED) is 0.670. The molecule has 0 spiro atoms. The van der Waals surface area contributed by atoms with Gasteiger partial charge in [0.1, 0.15) is 6.61 Å². The summed E-state index contributed by atoms with van der Waals surface area (Å²) in [7, 11) is 0. The number of piperazine rings is 1. The standard InChI is InChI=1S/C21H21N3O5/c25-20(19-13-27-17-7-3-4-8-18(17)28-19)23-11-9-22(10-12-23)14-24-15-5-1-2-6-16(15)29-21(24)26/h1-8,19H,9-14H2/t19-/m1/s1. The third-order valence-electron chi connectivity index (χ3n) is 5.38. The van der Waals surface area contributed by atoms with Gasteiger partial charge in [-0.15, -0.1) is 0 Å². The van der Waals surface area contributed by atoms with Gasteiger partial charge in [0.15, 0.2) is 17.1 Å². The number of aromatic nitrogens is 1. The van der Waals surface area contributed by atoms with Crippen molar-refractivity contribution in [3.8, 4) is 11.5 Å². The average Bonchev–Trinajstić information content (AvgIpc) is 3.08. The summed E-state index contributed by atoms with van der Waals surface area (Å²) >= 11 is 0. The highest BCUT2D eigenvalue weighted by Crippen LogP contribution is 2.31. The van der Waals surface area contributed by atoms with E-state index in [0.717, 1.165) is 5.52 Å². The lowest BCUT2D eigenvalue weighted by Crippen LogP contribution is -2.54. The Morgan fingerprint density at radius 1 is 0.966 bits per heavy atom. The Morgan fingerprint density at radius 3 is 2.52 bits per heavy atom. The summed E-state index contributed by atoms with van der Waals surface area (Å²) in [5.41, 5.74) is 1.36. The fraction of sp³-hybridized carbons (Fsp3) is 0.333. The number of rotatable bonds is 3. The number of fused-ring (bicyclic) bond motifs is 2. The highest BCUT2D eigenvalue weighted by atomic mass is 16.6. The summed E-state index contributed by atoms with van der Waals surface area (Å²) in [5, 5.41) is 0. The molecule has 1 saturated heterocycles. The molecular formula is C21H21N3O5. The maximum absolute atomic E-state index is 12.8. The van der Waals surface area contributed by atoms with Gasteiger partial charge in [0, 0.05) is 26.2 Å². The average molecular weight is 395 g/mol. The lowest BCUT2D eigenvalue weighted by atomic mass is 10.2. The van der Waals surface area contributed by atoms with Gasteiger partial charge in [-0.2, -0.15) is 0 Å². The van der Waals surface area contributed by atoms with Crippen molar-refractivity contribution in [1.82, 2.24) is 14.4 Å². The number of hydrogen-bond donors (Lipinski definition) is 0. The second-order valence-corrected chi connectivity index (χ2v) is 7.21. The van der Waals surface area contributed by atoms with Gasteiger partial charge in [-0.3, -0.25) is 14.3 Å². The maximum atomic E-state index is 12.8. The third-order valence-corrected chi connectivity index (χ3v) is 5.38. The maximum Gasteiger partial charge on any atom is 0.421 e. The molecule has 1 aromatic heterocycles. The van der Waals surface area contributed by atoms with Crippen molar-refractivity contribution >= 4 is 17.0 Å². The van der Waals surface area contributed by atoms with E-state index in [1.165, 1.54) is 0 Å². The van der Waals surface area contributed by atoms with Crippen LogP contribution in [-0.4, -0.2) is 59.2 Å². The minimum absolute atomic E-state index is 0.0647. The minimum atomic E-state index is -0.628. The highest BCUT2D eigenvalue weighted by Gasteiger charge is 2.32. The number of amides is 1. The Morgan fingerprint density at radius 2 is 1.69 bits per heavy atom. The van der Waals surface area contributed by atoms with Crippen LogP contribution in [0.2, 0.25) is 0 Å². The van der Waals surface area contributed by atoms with Crippen molar-refractivity contribution in [3.63, 3.8) is 0 Å². The Kier molecular flexibility index (Phi) is 4.48. The van der Waals surface area contributed by atoms with Gasteiger partial charge >= 0.3 is 5.76 Å². The molecule has 0 radical (unpaired) electrons. The first kappa shape index (κ1) is 17.8. The molecular weight excluding hydrogens is 374 g/mol. The number of para-hydroxylation sites is 4. The largest absolute Gasteiger partial charge is 0.485 e. The molecule has 5 rings (SSSR count). The summed E-state index contributed by atoms with van der Waals surface area (Å²) in [6, 6.07) is 14.8. The van der Waals surface area contributed by atoms with Gasteiger partial charge in [-0.25, -0.2) is 4.79 Å². The van der Waals surface area contributed by atoms with E-state index in [4.69, 9.17) is 13.9 Å². The van der Waals surface area contributed by atoms with Gasteiger partial charge in [0.05, 0.1) is 12.2 Å². The van der Waals surface area contributed by atoms with Crippen LogP contribution in [-0.2, 0) is 11.5 Å². The zero-order chi connectivity index (χ0) is 19.8. The Hall–Kier alpha value is -3.26. The summed E-state index contributed by atoms with van der Waals surface area (Å²) in [6.45, 7) is 3.14. The van der Waals surface area contributed by atoms with E-state index in [1.54, 1.807) is 21.6 Å². The van der Waals surface area contributed by atoms with E-state index in [2.05, 4.69) is 4.90 Å². The van der Waals surface area contributed by atoms with Crippen LogP contribution in [0.3, 0.4) is 0 Å². The predicted molar refractivity (Wildman–Crippen MR) is 105 cm³/mol. The minimum Gasteiger partial charge on any atom is -0.485 e. The van der Waals surface area contributed by atoms with Gasteiger partial charge in [-0.05, 0) is 24.3 Å². The fourth-order valence-electron chi connectivity index (χ4n) is 3.80. The van der Waals surface area contributed by atoms with Gasteiger partial charge in [0.2, 0.25) is 6.10 Å². The van der Waals surface area contributed by atoms with Gasteiger partial charge in [-0.1, -0.05) is 24.3 Å². The van der Waals surface area contributed by atoms with E-state index in [0.29, 0.717) is 49.9 Å². The molecule has 3 aromatic rings. The number of oxazole rings is 1. The molecule has 3 heterocycles. The molecule has 8 heteroatoms. The molecule has 1 atom stereocenters. The van der Waals surface area contributed by atoms with Crippen molar-refractivity contribution in [2.75, 3.05) is 32.8 Å². The highest BCUT2D eigenvalue weighted by molar-refractivity contribution is 5.82. The van der Waals surface area contributed by atoms with Crippen molar-refractivity contribution in [2.45, 2.75) is 12.8 Å². The molecule has 29 heavy (non-hydrogen) atoms. The van der Waals surface area contributed by atoms with Gasteiger partial charge < -0.3 is 18.8 Å². The van der Waals surface area contributed by atoms with E-state index in [9.17, 15) is 9.59 Å². The number of hydrogen-bond acceptors (Lipinski definition) is 6. The van der Waals surface area contributed by atoms with E-state index in [1.807, 2.05) is 36.4 Å². The van der Waals surface area contributed by atoms with E-state index < -0.39 is 6.10 Å². The molecule has 0 saturated carbocycles. The summed E-state index contributed by atoms with van der Waals surface area (Å²) in [6.07, 6.45) is -0.628. The second kappa shape index (κ2) is 7.29. The lowest BCUT2D eigenvalue weighted by molar-refractivity contribution is -0.143. The van der Waals surface area contributed by atoms with Crippen molar-refractivity contribution < 1.29 is 18.7 Å². The van der Waals surface area contributed by atoms with Crippen LogP contribution in [0, 0.1) is 0 Å².